The van der Waals surface area contributed by atoms with Crippen molar-refractivity contribution < 1.29 is 9.52 Å². The largest absolute Gasteiger partial charge is 0.508 e. The first-order valence-electron chi connectivity index (χ1n) is 10.5. The standard InChI is InChI=1S/C29H22O2/c30-25-14-11-23(12-15-25)28-18-16-26-27(20-22-9-5-2-6-10-22)24(13-17-29(26)31-28)19-21-7-3-1-4-8-21/h1-18H,19-20H2/p+1. The number of hydrogen-bond acceptors (Lipinski definition) is 1. The lowest BCUT2D eigenvalue weighted by Gasteiger charge is -2.11. The third-order valence-corrected chi connectivity index (χ3v) is 5.65. The zero-order valence-corrected chi connectivity index (χ0v) is 17.2. The van der Waals surface area contributed by atoms with Crippen molar-refractivity contribution >= 4 is 11.0 Å². The Bertz CT molecular complexity index is 1310. The first kappa shape index (κ1) is 19.1. The van der Waals surface area contributed by atoms with Crippen molar-refractivity contribution in [2.75, 3.05) is 0 Å². The predicted molar refractivity (Wildman–Crippen MR) is 126 cm³/mol. The second-order valence-electron chi connectivity index (χ2n) is 7.79. The van der Waals surface area contributed by atoms with E-state index in [0.717, 1.165) is 35.1 Å². The first-order chi connectivity index (χ1) is 15.3. The van der Waals surface area contributed by atoms with E-state index in [-0.39, 0.29) is 5.75 Å². The summed E-state index contributed by atoms with van der Waals surface area (Å²) in [5.41, 5.74) is 7.01. The Balaban J connectivity index is 1.61. The fourth-order valence-corrected chi connectivity index (χ4v) is 4.04. The monoisotopic (exact) mass is 403 g/mol. The summed E-state index contributed by atoms with van der Waals surface area (Å²) in [4.78, 5) is 0. The second-order valence-corrected chi connectivity index (χ2v) is 7.79. The van der Waals surface area contributed by atoms with E-state index >= 15 is 0 Å². The van der Waals surface area contributed by atoms with Crippen LogP contribution in [0.2, 0.25) is 0 Å². The van der Waals surface area contributed by atoms with Crippen molar-refractivity contribution in [3.05, 3.63) is 131 Å². The molecular weight excluding hydrogens is 380 g/mol. The summed E-state index contributed by atoms with van der Waals surface area (Å²) in [6, 6.07) is 36.7. The number of aromatic hydroxyl groups is 1. The molecule has 1 aromatic heterocycles. The van der Waals surface area contributed by atoms with Gasteiger partial charge in [0.05, 0.1) is 10.9 Å². The maximum absolute atomic E-state index is 9.57. The Morgan fingerprint density at radius 1 is 0.581 bits per heavy atom. The van der Waals surface area contributed by atoms with Gasteiger partial charge in [-0.15, -0.1) is 0 Å². The van der Waals surface area contributed by atoms with Gasteiger partial charge in [-0.05, 0) is 71.5 Å². The van der Waals surface area contributed by atoms with Crippen LogP contribution in [0.4, 0.5) is 0 Å². The lowest BCUT2D eigenvalue weighted by atomic mass is 9.92. The normalized spacial score (nSPS) is 11.0. The average molecular weight is 404 g/mol. The quantitative estimate of drug-likeness (QED) is 0.313. The average Bonchev–Trinajstić information content (AvgIpc) is 2.82. The molecule has 2 heteroatoms. The molecule has 31 heavy (non-hydrogen) atoms. The van der Waals surface area contributed by atoms with Gasteiger partial charge in [-0.2, -0.15) is 0 Å². The summed E-state index contributed by atoms with van der Waals surface area (Å²) in [6.07, 6.45) is 1.74. The Kier molecular flexibility index (Phi) is 5.20. The number of benzene rings is 4. The van der Waals surface area contributed by atoms with Crippen molar-refractivity contribution in [3.8, 4) is 17.1 Å². The van der Waals surface area contributed by atoms with Crippen LogP contribution in [-0.2, 0) is 12.8 Å². The first-order valence-corrected chi connectivity index (χ1v) is 10.5. The van der Waals surface area contributed by atoms with Crippen LogP contribution in [0.25, 0.3) is 22.3 Å². The maximum atomic E-state index is 9.57. The Morgan fingerprint density at radius 3 is 1.90 bits per heavy atom. The van der Waals surface area contributed by atoms with Crippen LogP contribution >= 0.6 is 0 Å². The van der Waals surface area contributed by atoms with Crippen LogP contribution in [0, 0.1) is 0 Å². The molecule has 0 aliphatic carbocycles. The SMILES string of the molecule is Oc1ccc(-c2ccc3c(Cc4ccccc4)c(Cc4ccccc4)ccc3[o+]2)cc1. The zero-order valence-electron chi connectivity index (χ0n) is 17.2. The van der Waals surface area contributed by atoms with E-state index in [2.05, 4.69) is 78.9 Å². The van der Waals surface area contributed by atoms with Crippen LogP contribution in [-0.4, -0.2) is 5.11 Å². The summed E-state index contributed by atoms with van der Waals surface area (Å²) >= 11 is 0. The highest BCUT2D eigenvalue weighted by atomic mass is 16.3. The van der Waals surface area contributed by atoms with Crippen molar-refractivity contribution in [2.45, 2.75) is 12.8 Å². The molecular formula is C29H23O2+. The van der Waals surface area contributed by atoms with Gasteiger partial charge >= 0.3 is 11.3 Å². The number of fused-ring (bicyclic) bond motifs is 1. The molecule has 5 rings (SSSR count). The zero-order chi connectivity index (χ0) is 21.0. The third-order valence-electron chi connectivity index (χ3n) is 5.65. The molecule has 0 saturated heterocycles. The van der Waals surface area contributed by atoms with Crippen molar-refractivity contribution in [1.82, 2.24) is 0 Å². The topological polar surface area (TPSA) is 31.5 Å². The molecule has 0 bridgehead atoms. The van der Waals surface area contributed by atoms with Gasteiger partial charge in [0.25, 0.3) is 0 Å². The van der Waals surface area contributed by atoms with E-state index in [1.54, 1.807) is 12.1 Å². The summed E-state index contributed by atoms with van der Waals surface area (Å²) in [6.45, 7) is 0. The van der Waals surface area contributed by atoms with E-state index in [9.17, 15) is 5.11 Å². The molecule has 0 radical (unpaired) electrons. The van der Waals surface area contributed by atoms with Crippen molar-refractivity contribution in [3.63, 3.8) is 0 Å². The van der Waals surface area contributed by atoms with Gasteiger partial charge < -0.3 is 5.11 Å². The molecule has 0 spiro atoms. The van der Waals surface area contributed by atoms with Gasteiger partial charge in [-0.3, -0.25) is 0 Å². The molecule has 0 aliphatic rings. The predicted octanol–water partition coefficient (Wildman–Crippen LogP) is 7.27. The van der Waals surface area contributed by atoms with E-state index in [1.165, 1.54) is 22.3 Å². The van der Waals surface area contributed by atoms with Gasteiger partial charge in [0, 0.05) is 12.1 Å². The number of rotatable bonds is 5. The van der Waals surface area contributed by atoms with Gasteiger partial charge in [0.2, 0.25) is 0 Å². The molecule has 0 saturated carbocycles. The molecule has 0 amide bonds. The smallest absolute Gasteiger partial charge is 0.361 e. The molecule has 4 aromatic carbocycles. The highest BCUT2D eigenvalue weighted by molar-refractivity contribution is 5.84. The molecule has 1 N–H and O–H groups in total. The summed E-state index contributed by atoms with van der Waals surface area (Å²) in [5.74, 6) is 1.04. The van der Waals surface area contributed by atoms with Crippen molar-refractivity contribution in [1.29, 1.82) is 0 Å². The van der Waals surface area contributed by atoms with Crippen LogP contribution < -0.4 is 0 Å². The highest BCUT2D eigenvalue weighted by Gasteiger charge is 2.19. The fourth-order valence-electron chi connectivity index (χ4n) is 4.04. The van der Waals surface area contributed by atoms with Crippen LogP contribution in [0.3, 0.4) is 0 Å². The van der Waals surface area contributed by atoms with E-state index < -0.39 is 0 Å². The highest BCUT2D eigenvalue weighted by Crippen LogP contribution is 2.31. The Labute approximate surface area is 182 Å². The fraction of sp³-hybridized carbons (Fsp3) is 0.0690. The molecule has 0 aliphatic heterocycles. The van der Waals surface area contributed by atoms with Gasteiger partial charge in [-0.1, -0.05) is 60.7 Å². The van der Waals surface area contributed by atoms with E-state index in [0.29, 0.717) is 0 Å². The van der Waals surface area contributed by atoms with E-state index in [1.807, 2.05) is 18.2 Å². The lowest BCUT2D eigenvalue weighted by Crippen LogP contribution is -1.99. The van der Waals surface area contributed by atoms with Gasteiger partial charge in [0.1, 0.15) is 5.75 Å². The molecule has 0 fully saturated rings. The molecule has 150 valence electrons. The van der Waals surface area contributed by atoms with Crippen molar-refractivity contribution in [2.24, 2.45) is 0 Å². The van der Waals surface area contributed by atoms with Gasteiger partial charge in [0.15, 0.2) is 0 Å². The summed E-state index contributed by atoms with van der Waals surface area (Å²) < 4.78 is 6.29. The molecule has 1 heterocycles. The van der Waals surface area contributed by atoms with E-state index in [4.69, 9.17) is 4.42 Å². The maximum Gasteiger partial charge on any atom is 0.361 e. The Hall–Kier alpha value is -3.91. The van der Waals surface area contributed by atoms with Crippen LogP contribution in [0.1, 0.15) is 22.3 Å². The number of hydrogen-bond donors (Lipinski definition) is 1. The van der Waals surface area contributed by atoms with Gasteiger partial charge in [-0.25, -0.2) is 4.42 Å². The molecule has 2 nitrogen and oxygen atoms in total. The second kappa shape index (κ2) is 8.45. The number of phenolic OH excluding ortho intramolecular Hbond substituents is 1. The molecule has 0 atom stereocenters. The molecule has 0 unspecified atom stereocenters. The summed E-state index contributed by atoms with van der Waals surface area (Å²) in [7, 11) is 0. The number of phenols is 1. The minimum absolute atomic E-state index is 0.250. The van der Waals surface area contributed by atoms with Crippen LogP contribution in [0.15, 0.2) is 114 Å². The molecule has 5 aromatic rings. The minimum atomic E-state index is 0.250. The summed E-state index contributed by atoms with van der Waals surface area (Å²) in [5, 5.41) is 10.7. The minimum Gasteiger partial charge on any atom is -0.508 e. The Morgan fingerprint density at radius 2 is 1.23 bits per heavy atom. The lowest BCUT2D eigenvalue weighted by molar-refractivity contribution is 0.475. The third kappa shape index (κ3) is 4.19. The van der Waals surface area contributed by atoms with Crippen LogP contribution in [0.5, 0.6) is 5.75 Å².